The van der Waals surface area contributed by atoms with Crippen LogP contribution in [0.3, 0.4) is 0 Å². The van der Waals surface area contributed by atoms with Crippen molar-refractivity contribution in [2.24, 2.45) is 0 Å². The van der Waals surface area contributed by atoms with Crippen molar-refractivity contribution in [1.82, 2.24) is 15.3 Å². The maximum atomic E-state index is 5.63. The first kappa shape index (κ1) is 12.3. The first-order chi connectivity index (χ1) is 7.84. The molecule has 16 heavy (non-hydrogen) atoms. The molecule has 0 amide bonds. The van der Waals surface area contributed by atoms with Crippen LogP contribution in [0.15, 0.2) is 0 Å². The van der Waals surface area contributed by atoms with Gasteiger partial charge in [-0.1, -0.05) is 12.8 Å². The Labute approximate surface area is 98.9 Å². The van der Waals surface area contributed by atoms with Gasteiger partial charge in [-0.15, -0.1) is 0 Å². The van der Waals surface area contributed by atoms with Crippen LogP contribution in [-0.4, -0.2) is 62.2 Å². The fraction of sp³-hybridized carbons (Fsp3) is 1.00. The molecular weight excluding hydrogens is 202 g/mol. The largest absolute Gasteiger partial charge is 0.304 e. The third kappa shape index (κ3) is 4.01. The first-order valence-corrected chi connectivity index (χ1v) is 6.64. The molecule has 1 aliphatic heterocycles. The van der Waals surface area contributed by atoms with Crippen LogP contribution in [0.2, 0.25) is 0 Å². The lowest BCUT2D eigenvalue weighted by Crippen LogP contribution is -2.46. The topological polar surface area (TPSA) is 27.7 Å². The van der Waals surface area contributed by atoms with Gasteiger partial charge in [0.1, 0.15) is 0 Å². The molecular formula is C12H25N3O. The minimum Gasteiger partial charge on any atom is -0.304 e. The van der Waals surface area contributed by atoms with E-state index in [1.165, 1.54) is 51.9 Å². The van der Waals surface area contributed by atoms with Gasteiger partial charge in [-0.2, -0.15) is 0 Å². The Kier molecular flexibility index (Phi) is 5.03. The molecule has 0 aromatic heterocycles. The summed E-state index contributed by atoms with van der Waals surface area (Å²) in [4.78, 5) is 10.5. The SMILES string of the molecule is CN1CCN(CCNOC2CCCC2)CC1. The summed E-state index contributed by atoms with van der Waals surface area (Å²) < 4.78 is 0. The van der Waals surface area contributed by atoms with E-state index in [0.29, 0.717) is 6.10 Å². The molecule has 0 aromatic carbocycles. The van der Waals surface area contributed by atoms with E-state index in [1.807, 2.05) is 0 Å². The van der Waals surface area contributed by atoms with Gasteiger partial charge in [0.05, 0.1) is 6.10 Å². The van der Waals surface area contributed by atoms with E-state index >= 15 is 0 Å². The van der Waals surface area contributed by atoms with Crippen LogP contribution in [0.1, 0.15) is 25.7 Å². The molecule has 0 atom stereocenters. The van der Waals surface area contributed by atoms with Crippen LogP contribution in [0.4, 0.5) is 0 Å². The molecule has 4 heteroatoms. The summed E-state index contributed by atoms with van der Waals surface area (Å²) >= 11 is 0. The smallest absolute Gasteiger partial charge is 0.0790 e. The van der Waals surface area contributed by atoms with Crippen LogP contribution >= 0.6 is 0 Å². The molecule has 0 radical (unpaired) electrons. The number of likely N-dealkylation sites (N-methyl/N-ethyl adjacent to an activating group) is 1. The quantitative estimate of drug-likeness (QED) is 0.553. The number of hydroxylamine groups is 1. The molecule has 2 fully saturated rings. The second-order valence-corrected chi connectivity index (χ2v) is 5.06. The van der Waals surface area contributed by atoms with Crippen LogP contribution in [0.5, 0.6) is 0 Å². The van der Waals surface area contributed by atoms with Crippen molar-refractivity contribution in [2.45, 2.75) is 31.8 Å². The van der Waals surface area contributed by atoms with Gasteiger partial charge < -0.3 is 4.90 Å². The lowest BCUT2D eigenvalue weighted by Gasteiger charge is -2.32. The van der Waals surface area contributed by atoms with Crippen molar-refractivity contribution in [1.29, 1.82) is 0 Å². The van der Waals surface area contributed by atoms with Crippen LogP contribution < -0.4 is 5.48 Å². The predicted octanol–water partition coefficient (Wildman–Crippen LogP) is 0.698. The monoisotopic (exact) mass is 227 g/mol. The third-order valence-electron chi connectivity index (χ3n) is 3.68. The van der Waals surface area contributed by atoms with Gasteiger partial charge in [-0.05, 0) is 19.9 Å². The van der Waals surface area contributed by atoms with Crippen LogP contribution in [-0.2, 0) is 4.84 Å². The molecule has 1 saturated heterocycles. The molecule has 1 N–H and O–H groups in total. The highest BCUT2D eigenvalue weighted by atomic mass is 16.7. The van der Waals surface area contributed by atoms with Gasteiger partial charge >= 0.3 is 0 Å². The van der Waals surface area contributed by atoms with Gasteiger partial charge in [0.15, 0.2) is 0 Å². The minimum absolute atomic E-state index is 0.479. The van der Waals surface area contributed by atoms with Gasteiger partial charge in [0.25, 0.3) is 0 Å². The molecule has 1 saturated carbocycles. The first-order valence-electron chi connectivity index (χ1n) is 6.64. The summed E-state index contributed by atoms with van der Waals surface area (Å²) in [6.45, 7) is 6.86. The van der Waals surface area contributed by atoms with Crippen LogP contribution in [0.25, 0.3) is 0 Å². The maximum absolute atomic E-state index is 5.63. The normalized spacial score (nSPS) is 25.3. The number of piperazine rings is 1. The van der Waals surface area contributed by atoms with Crippen molar-refractivity contribution >= 4 is 0 Å². The number of nitrogens with zero attached hydrogens (tertiary/aromatic N) is 2. The average Bonchev–Trinajstić information content (AvgIpc) is 2.80. The van der Waals surface area contributed by atoms with Gasteiger partial charge in [-0.25, -0.2) is 5.48 Å². The Morgan fingerprint density at radius 2 is 1.81 bits per heavy atom. The zero-order valence-corrected chi connectivity index (χ0v) is 10.5. The fourth-order valence-electron chi connectivity index (χ4n) is 2.46. The minimum atomic E-state index is 0.479. The highest BCUT2D eigenvalue weighted by Gasteiger charge is 2.16. The molecule has 2 rings (SSSR count). The Hall–Kier alpha value is -0.160. The molecule has 0 bridgehead atoms. The Bertz CT molecular complexity index is 187. The third-order valence-corrected chi connectivity index (χ3v) is 3.68. The standard InChI is InChI=1S/C12H25N3O/c1-14-8-10-15(11-9-14)7-6-13-16-12-4-2-3-5-12/h12-13H,2-11H2,1H3. The predicted molar refractivity (Wildman–Crippen MR) is 65.3 cm³/mol. The molecule has 1 heterocycles. The molecule has 94 valence electrons. The zero-order chi connectivity index (χ0) is 11.2. The van der Waals surface area contributed by atoms with E-state index in [-0.39, 0.29) is 0 Å². The summed E-state index contributed by atoms with van der Waals surface area (Å²) in [5.41, 5.74) is 3.13. The molecule has 2 aliphatic rings. The van der Waals surface area contributed by atoms with Crippen molar-refractivity contribution < 1.29 is 4.84 Å². The number of hydrogen-bond acceptors (Lipinski definition) is 4. The summed E-state index contributed by atoms with van der Waals surface area (Å²) in [5.74, 6) is 0. The molecule has 1 aliphatic carbocycles. The van der Waals surface area contributed by atoms with E-state index < -0.39 is 0 Å². The molecule has 4 nitrogen and oxygen atoms in total. The lowest BCUT2D eigenvalue weighted by atomic mass is 10.3. The Morgan fingerprint density at radius 1 is 1.12 bits per heavy atom. The van der Waals surface area contributed by atoms with Crippen molar-refractivity contribution in [2.75, 3.05) is 46.3 Å². The summed E-state index contributed by atoms with van der Waals surface area (Å²) in [7, 11) is 2.19. The van der Waals surface area contributed by atoms with Gasteiger partial charge in [-0.3, -0.25) is 9.74 Å². The number of hydrogen-bond donors (Lipinski definition) is 1. The highest BCUT2D eigenvalue weighted by Crippen LogP contribution is 2.19. The van der Waals surface area contributed by atoms with E-state index in [2.05, 4.69) is 22.3 Å². The fourth-order valence-corrected chi connectivity index (χ4v) is 2.46. The Morgan fingerprint density at radius 3 is 2.50 bits per heavy atom. The summed E-state index contributed by atoms with van der Waals surface area (Å²) in [6.07, 6.45) is 5.63. The van der Waals surface area contributed by atoms with Crippen molar-refractivity contribution in [3.05, 3.63) is 0 Å². The van der Waals surface area contributed by atoms with E-state index in [4.69, 9.17) is 4.84 Å². The van der Waals surface area contributed by atoms with E-state index in [9.17, 15) is 0 Å². The number of nitrogens with one attached hydrogen (secondary N) is 1. The van der Waals surface area contributed by atoms with E-state index in [1.54, 1.807) is 0 Å². The van der Waals surface area contributed by atoms with Gasteiger partial charge in [0.2, 0.25) is 0 Å². The summed E-state index contributed by atoms with van der Waals surface area (Å²) in [5, 5.41) is 0. The van der Waals surface area contributed by atoms with Gasteiger partial charge in [0, 0.05) is 39.3 Å². The summed E-state index contributed by atoms with van der Waals surface area (Å²) in [6, 6.07) is 0. The van der Waals surface area contributed by atoms with Crippen molar-refractivity contribution in [3.63, 3.8) is 0 Å². The average molecular weight is 227 g/mol. The molecule has 0 spiro atoms. The van der Waals surface area contributed by atoms with Crippen molar-refractivity contribution in [3.8, 4) is 0 Å². The molecule has 0 unspecified atom stereocenters. The van der Waals surface area contributed by atoms with E-state index in [0.717, 1.165) is 13.1 Å². The zero-order valence-electron chi connectivity index (χ0n) is 10.5. The Balaban J connectivity index is 1.48. The molecule has 0 aromatic rings. The second kappa shape index (κ2) is 6.55. The number of rotatable bonds is 5. The van der Waals surface area contributed by atoms with Crippen LogP contribution in [0, 0.1) is 0 Å². The second-order valence-electron chi connectivity index (χ2n) is 5.06. The maximum Gasteiger partial charge on any atom is 0.0790 e. The lowest BCUT2D eigenvalue weighted by molar-refractivity contribution is -0.0247. The highest BCUT2D eigenvalue weighted by molar-refractivity contribution is 4.69.